The predicted molar refractivity (Wildman–Crippen MR) is 77.6 cm³/mol. The summed E-state index contributed by atoms with van der Waals surface area (Å²) in [5, 5.41) is 5.16. The Morgan fingerprint density at radius 1 is 1.10 bits per heavy atom. The SMILES string of the molecule is CC(=O)N[C@@H](C(=O)N[C@@H](CC=C(C)C)C(N)=O)C(C)C. The van der Waals surface area contributed by atoms with Gasteiger partial charge in [-0.05, 0) is 26.2 Å². The Bertz CT molecular complexity index is 398. The summed E-state index contributed by atoms with van der Waals surface area (Å²) in [5.41, 5.74) is 6.31. The molecule has 3 amide bonds. The fourth-order valence-electron chi connectivity index (χ4n) is 1.62. The Morgan fingerprint density at radius 2 is 1.65 bits per heavy atom. The molecule has 0 saturated heterocycles. The number of hydrogen-bond donors (Lipinski definition) is 3. The van der Waals surface area contributed by atoms with Crippen molar-refractivity contribution >= 4 is 17.7 Å². The molecule has 0 aromatic heterocycles. The molecule has 0 spiro atoms. The zero-order valence-electron chi connectivity index (χ0n) is 12.8. The van der Waals surface area contributed by atoms with Gasteiger partial charge >= 0.3 is 0 Å². The number of rotatable bonds is 7. The zero-order valence-corrected chi connectivity index (χ0v) is 12.8. The van der Waals surface area contributed by atoms with Gasteiger partial charge in [0.25, 0.3) is 0 Å². The van der Waals surface area contributed by atoms with Crippen LogP contribution in [0.5, 0.6) is 0 Å². The number of hydrogen-bond acceptors (Lipinski definition) is 3. The third-order valence-corrected chi connectivity index (χ3v) is 2.73. The van der Waals surface area contributed by atoms with Crippen molar-refractivity contribution in [3.8, 4) is 0 Å². The molecule has 0 aliphatic heterocycles. The number of allylic oxidation sites excluding steroid dienone is 1. The molecule has 0 aromatic carbocycles. The molecule has 0 fully saturated rings. The van der Waals surface area contributed by atoms with Crippen molar-refractivity contribution in [1.29, 1.82) is 0 Å². The fraction of sp³-hybridized carbons (Fsp3) is 0.643. The standard InChI is InChI=1S/C14H25N3O3/c1-8(2)6-7-11(13(15)19)17-14(20)12(9(3)4)16-10(5)18/h6,9,11-12H,7H2,1-5H3,(H2,15,19)(H,16,18)(H,17,20)/t11-,12+/m0/s1. The molecule has 114 valence electrons. The lowest BCUT2D eigenvalue weighted by molar-refractivity contribution is -0.131. The fourth-order valence-corrected chi connectivity index (χ4v) is 1.62. The van der Waals surface area contributed by atoms with Gasteiger partial charge in [0.05, 0.1) is 0 Å². The smallest absolute Gasteiger partial charge is 0.243 e. The number of nitrogens with one attached hydrogen (secondary N) is 2. The van der Waals surface area contributed by atoms with E-state index in [4.69, 9.17) is 5.73 Å². The van der Waals surface area contributed by atoms with Crippen LogP contribution in [0.2, 0.25) is 0 Å². The summed E-state index contributed by atoms with van der Waals surface area (Å²) in [6.45, 7) is 8.77. The number of amides is 3. The number of nitrogens with two attached hydrogens (primary N) is 1. The molecular weight excluding hydrogens is 258 g/mol. The van der Waals surface area contributed by atoms with E-state index in [1.165, 1.54) is 6.92 Å². The van der Waals surface area contributed by atoms with Gasteiger partial charge in [0.15, 0.2) is 0 Å². The molecule has 0 aromatic rings. The lowest BCUT2D eigenvalue weighted by Crippen LogP contribution is -2.54. The van der Waals surface area contributed by atoms with E-state index < -0.39 is 23.9 Å². The van der Waals surface area contributed by atoms with Gasteiger partial charge in [0.2, 0.25) is 17.7 Å². The molecule has 0 aliphatic rings. The quantitative estimate of drug-likeness (QED) is 0.592. The van der Waals surface area contributed by atoms with Crippen LogP contribution in [0, 0.1) is 5.92 Å². The monoisotopic (exact) mass is 283 g/mol. The van der Waals surface area contributed by atoms with Crippen LogP contribution in [0.3, 0.4) is 0 Å². The first kappa shape index (κ1) is 18.1. The van der Waals surface area contributed by atoms with Crippen LogP contribution in [0.15, 0.2) is 11.6 Å². The Kier molecular flexibility index (Phi) is 7.57. The zero-order chi connectivity index (χ0) is 15.9. The summed E-state index contributed by atoms with van der Waals surface area (Å²) in [4.78, 5) is 34.6. The molecule has 20 heavy (non-hydrogen) atoms. The summed E-state index contributed by atoms with van der Waals surface area (Å²) >= 11 is 0. The molecule has 0 rings (SSSR count). The van der Waals surface area contributed by atoms with Crippen molar-refractivity contribution in [3.63, 3.8) is 0 Å². The van der Waals surface area contributed by atoms with E-state index in [2.05, 4.69) is 10.6 Å². The average Bonchev–Trinajstić information content (AvgIpc) is 2.29. The first-order valence-corrected chi connectivity index (χ1v) is 6.65. The Morgan fingerprint density at radius 3 is 2.00 bits per heavy atom. The van der Waals surface area contributed by atoms with Crippen molar-refractivity contribution in [2.24, 2.45) is 11.7 Å². The van der Waals surface area contributed by atoms with E-state index in [1.807, 2.05) is 33.8 Å². The summed E-state index contributed by atoms with van der Waals surface area (Å²) in [6, 6.07) is -1.45. The summed E-state index contributed by atoms with van der Waals surface area (Å²) in [5.74, 6) is -1.38. The Balaban J connectivity index is 4.83. The van der Waals surface area contributed by atoms with Crippen molar-refractivity contribution in [1.82, 2.24) is 10.6 Å². The molecule has 0 bridgehead atoms. The highest BCUT2D eigenvalue weighted by Gasteiger charge is 2.26. The normalized spacial score (nSPS) is 13.3. The minimum Gasteiger partial charge on any atom is -0.368 e. The topological polar surface area (TPSA) is 101 Å². The Labute approximate surface area is 120 Å². The summed E-state index contributed by atoms with van der Waals surface area (Å²) in [6.07, 6.45) is 2.17. The van der Waals surface area contributed by atoms with E-state index in [0.29, 0.717) is 6.42 Å². The highest BCUT2D eigenvalue weighted by Crippen LogP contribution is 2.04. The molecular formula is C14H25N3O3. The van der Waals surface area contributed by atoms with E-state index in [0.717, 1.165) is 5.57 Å². The minimum absolute atomic E-state index is 0.0871. The lowest BCUT2D eigenvalue weighted by Gasteiger charge is -2.23. The molecule has 0 heterocycles. The number of carbonyl (C=O) groups excluding carboxylic acids is 3. The second kappa shape index (κ2) is 8.35. The van der Waals surface area contributed by atoms with Crippen molar-refractivity contribution in [2.75, 3.05) is 0 Å². The van der Waals surface area contributed by atoms with Gasteiger partial charge in [-0.3, -0.25) is 14.4 Å². The molecule has 0 unspecified atom stereocenters. The van der Waals surface area contributed by atoms with Crippen molar-refractivity contribution in [2.45, 2.75) is 53.1 Å². The van der Waals surface area contributed by atoms with E-state index in [9.17, 15) is 14.4 Å². The second-order valence-electron chi connectivity index (χ2n) is 5.40. The third kappa shape index (κ3) is 6.92. The maximum atomic E-state index is 12.1. The highest BCUT2D eigenvalue weighted by atomic mass is 16.2. The van der Waals surface area contributed by atoms with Gasteiger partial charge in [0.1, 0.15) is 12.1 Å². The molecule has 2 atom stereocenters. The average molecular weight is 283 g/mol. The van der Waals surface area contributed by atoms with E-state index in [-0.39, 0.29) is 11.8 Å². The number of primary amides is 1. The lowest BCUT2D eigenvalue weighted by atomic mass is 10.0. The van der Waals surface area contributed by atoms with Crippen LogP contribution in [0.25, 0.3) is 0 Å². The van der Waals surface area contributed by atoms with Crippen molar-refractivity contribution < 1.29 is 14.4 Å². The molecule has 4 N–H and O–H groups in total. The minimum atomic E-state index is -0.771. The first-order chi connectivity index (χ1) is 9.15. The van der Waals surface area contributed by atoms with Crippen LogP contribution < -0.4 is 16.4 Å². The van der Waals surface area contributed by atoms with Crippen LogP contribution in [-0.4, -0.2) is 29.8 Å². The summed E-state index contributed by atoms with van der Waals surface area (Å²) in [7, 11) is 0. The van der Waals surface area contributed by atoms with Gasteiger partial charge in [-0.2, -0.15) is 0 Å². The van der Waals surface area contributed by atoms with Crippen LogP contribution >= 0.6 is 0 Å². The third-order valence-electron chi connectivity index (χ3n) is 2.73. The van der Waals surface area contributed by atoms with Gasteiger partial charge in [-0.1, -0.05) is 25.5 Å². The largest absolute Gasteiger partial charge is 0.368 e. The molecule has 6 nitrogen and oxygen atoms in total. The molecule has 0 aliphatic carbocycles. The maximum absolute atomic E-state index is 12.1. The van der Waals surface area contributed by atoms with Gasteiger partial charge in [0, 0.05) is 6.92 Å². The van der Waals surface area contributed by atoms with Gasteiger partial charge < -0.3 is 16.4 Å². The molecule has 0 saturated carbocycles. The highest BCUT2D eigenvalue weighted by molar-refractivity contribution is 5.91. The molecule has 0 radical (unpaired) electrons. The van der Waals surface area contributed by atoms with Crippen LogP contribution in [0.1, 0.15) is 41.0 Å². The van der Waals surface area contributed by atoms with Crippen LogP contribution in [0.4, 0.5) is 0 Å². The van der Waals surface area contributed by atoms with Gasteiger partial charge in [-0.15, -0.1) is 0 Å². The first-order valence-electron chi connectivity index (χ1n) is 6.65. The van der Waals surface area contributed by atoms with Crippen LogP contribution in [-0.2, 0) is 14.4 Å². The van der Waals surface area contributed by atoms with E-state index in [1.54, 1.807) is 0 Å². The van der Waals surface area contributed by atoms with Gasteiger partial charge in [-0.25, -0.2) is 0 Å². The molecule has 6 heteroatoms. The summed E-state index contributed by atoms with van der Waals surface area (Å²) < 4.78 is 0. The second-order valence-corrected chi connectivity index (χ2v) is 5.40. The van der Waals surface area contributed by atoms with E-state index >= 15 is 0 Å². The van der Waals surface area contributed by atoms with Crippen molar-refractivity contribution in [3.05, 3.63) is 11.6 Å². The Hall–Kier alpha value is -1.85. The predicted octanol–water partition coefficient (Wildman–Crippen LogP) is 0.473. The number of carbonyl (C=O) groups is 3. The maximum Gasteiger partial charge on any atom is 0.243 e.